The zero-order valence-electron chi connectivity index (χ0n) is 7.38. The van der Waals surface area contributed by atoms with Crippen LogP contribution >= 0.6 is 0 Å². The molecule has 1 rings (SSSR count). The fourth-order valence-electron chi connectivity index (χ4n) is 1.55. The predicted octanol–water partition coefficient (Wildman–Crippen LogP) is -0.371. The van der Waals surface area contributed by atoms with Gasteiger partial charge < -0.3 is 15.8 Å². The summed E-state index contributed by atoms with van der Waals surface area (Å²) in [6.45, 7) is 0.145. The molecule has 0 spiro atoms. The highest BCUT2D eigenvalue weighted by Crippen LogP contribution is 2.16. The Morgan fingerprint density at radius 3 is 2.92 bits per heavy atom. The number of hydrogen-bond acceptors (Lipinski definition) is 3. The summed E-state index contributed by atoms with van der Waals surface area (Å²) >= 11 is 0. The molecular weight excluding hydrogens is 156 g/mol. The van der Waals surface area contributed by atoms with E-state index in [1.807, 2.05) is 0 Å². The molecule has 12 heavy (non-hydrogen) atoms. The Morgan fingerprint density at radius 2 is 2.42 bits per heavy atom. The Kier molecular flexibility index (Phi) is 3.49. The molecule has 70 valence electrons. The summed E-state index contributed by atoms with van der Waals surface area (Å²) in [6.07, 6.45) is 2.91. The molecular formula is C8H16N2O2. The van der Waals surface area contributed by atoms with Crippen LogP contribution in [0.1, 0.15) is 19.3 Å². The van der Waals surface area contributed by atoms with Gasteiger partial charge in [0.05, 0.1) is 0 Å². The molecule has 0 radical (unpaired) electrons. The van der Waals surface area contributed by atoms with E-state index in [0.717, 1.165) is 19.3 Å². The quantitative estimate of drug-likeness (QED) is 0.610. The second-order valence-electron chi connectivity index (χ2n) is 3.27. The summed E-state index contributed by atoms with van der Waals surface area (Å²) in [5.74, 6) is -0.0448. The van der Waals surface area contributed by atoms with E-state index < -0.39 is 0 Å². The molecule has 1 saturated carbocycles. The van der Waals surface area contributed by atoms with Crippen LogP contribution in [0.3, 0.4) is 0 Å². The van der Waals surface area contributed by atoms with Gasteiger partial charge in [-0.25, -0.2) is 0 Å². The van der Waals surface area contributed by atoms with Gasteiger partial charge in [0, 0.05) is 19.2 Å². The van der Waals surface area contributed by atoms with Crippen LogP contribution in [0, 0.1) is 0 Å². The number of carbonyl (C=O) groups excluding carboxylic acids is 1. The Morgan fingerprint density at radius 1 is 1.67 bits per heavy atom. The van der Waals surface area contributed by atoms with Gasteiger partial charge in [-0.1, -0.05) is 0 Å². The average Bonchev–Trinajstić information content (AvgIpc) is 2.36. The number of hydrogen-bond donors (Lipinski definition) is 2. The van der Waals surface area contributed by atoms with Crippen LogP contribution in [0.5, 0.6) is 0 Å². The lowest BCUT2D eigenvalue weighted by molar-refractivity contribution is -0.125. The Bertz CT molecular complexity index is 161. The molecule has 0 aromatic rings. The number of ether oxygens (including phenoxy) is 1. The molecule has 1 fully saturated rings. The first-order chi connectivity index (χ1) is 5.72. The predicted molar refractivity (Wildman–Crippen MR) is 45.6 cm³/mol. The van der Waals surface area contributed by atoms with Crippen molar-refractivity contribution >= 4 is 5.91 Å². The van der Waals surface area contributed by atoms with Gasteiger partial charge in [0.2, 0.25) is 5.91 Å². The highest BCUT2D eigenvalue weighted by Gasteiger charge is 2.22. The summed E-state index contributed by atoms with van der Waals surface area (Å²) in [6, 6.07) is 0.528. The van der Waals surface area contributed by atoms with E-state index in [2.05, 4.69) is 5.32 Å². The van der Waals surface area contributed by atoms with Gasteiger partial charge in [0.1, 0.15) is 6.61 Å². The number of nitrogens with one attached hydrogen (secondary N) is 1. The summed E-state index contributed by atoms with van der Waals surface area (Å²) in [4.78, 5) is 11.0. The van der Waals surface area contributed by atoms with Crippen molar-refractivity contribution in [1.29, 1.82) is 0 Å². The zero-order valence-corrected chi connectivity index (χ0v) is 7.38. The first-order valence-corrected chi connectivity index (χ1v) is 4.26. The van der Waals surface area contributed by atoms with E-state index in [1.165, 1.54) is 7.11 Å². The Labute approximate surface area is 72.5 Å². The van der Waals surface area contributed by atoms with Crippen LogP contribution in [-0.2, 0) is 9.53 Å². The van der Waals surface area contributed by atoms with E-state index in [1.54, 1.807) is 0 Å². The monoisotopic (exact) mass is 172 g/mol. The zero-order chi connectivity index (χ0) is 8.97. The number of nitrogens with two attached hydrogens (primary N) is 1. The fraction of sp³-hybridized carbons (Fsp3) is 0.875. The molecule has 3 N–H and O–H groups in total. The van der Waals surface area contributed by atoms with E-state index in [9.17, 15) is 4.79 Å². The van der Waals surface area contributed by atoms with Crippen molar-refractivity contribution in [2.45, 2.75) is 31.3 Å². The normalized spacial score (nSPS) is 28.8. The second-order valence-corrected chi connectivity index (χ2v) is 3.27. The van der Waals surface area contributed by atoms with E-state index in [0.29, 0.717) is 0 Å². The molecule has 0 heterocycles. The molecule has 4 nitrogen and oxygen atoms in total. The minimum Gasteiger partial charge on any atom is -0.375 e. The second kappa shape index (κ2) is 4.42. The molecule has 0 aliphatic heterocycles. The molecule has 1 aliphatic rings. The van der Waals surface area contributed by atoms with Gasteiger partial charge in [0.15, 0.2) is 0 Å². The van der Waals surface area contributed by atoms with Crippen LogP contribution in [-0.4, -0.2) is 31.7 Å². The van der Waals surface area contributed by atoms with Crippen LogP contribution in [0.2, 0.25) is 0 Å². The SMILES string of the molecule is COCC(=O)NC1CCC(N)C1. The maximum absolute atomic E-state index is 11.0. The van der Waals surface area contributed by atoms with Crippen molar-refractivity contribution in [2.75, 3.05) is 13.7 Å². The van der Waals surface area contributed by atoms with E-state index in [-0.39, 0.29) is 24.6 Å². The number of amides is 1. The lowest BCUT2D eigenvalue weighted by Gasteiger charge is -2.11. The lowest BCUT2D eigenvalue weighted by Crippen LogP contribution is -2.36. The molecule has 4 heteroatoms. The number of rotatable bonds is 3. The first kappa shape index (κ1) is 9.48. The maximum atomic E-state index is 11.0. The molecule has 1 amide bonds. The van der Waals surface area contributed by atoms with Gasteiger partial charge in [-0.3, -0.25) is 4.79 Å². The number of carbonyl (C=O) groups is 1. The molecule has 2 atom stereocenters. The topological polar surface area (TPSA) is 64.3 Å². The molecule has 0 aromatic heterocycles. The van der Waals surface area contributed by atoms with Crippen molar-refractivity contribution in [3.05, 3.63) is 0 Å². The highest BCUT2D eigenvalue weighted by molar-refractivity contribution is 5.77. The summed E-state index contributed by atoms with van der Waals surface area (Å²) in [7, 11) is 1.51. The molecule has 0 bridgehead atoms. The molecule has 0 aromatic carbocycles. The van der Waals surface area contributed by atoms with Crippen LogP contribution in [0.15, 0.2) is 0 Å². The van der Waals surface area contributed by atoms with Crippen molar-refractivity contribution in [3.8, 4) is 0 Å². The van der Waals surface area contributed by atoms with E-state index in [4.69, 9.17) is 10.5 Å². The molecule has 1 aliphatic carbocycles. The third-order valence-corrected chi connectivity index (χ3v) is 2.11. The lowest BCUT2D eigenvalue weighted by atomic mass is 10.2. The van der Waals surface area contributed by atoms with Crippen LogP contribution in [0.4, 0.5) is 0 Å². The summed E-state index contributed by atoms with van der Waals surface area (Å²) < 4.78 is 4.70. The summed E-state index contributed by atoms with van der Waals surface area (Å²) in [5.41, 5.74) is 5.69. The first-order valence-electron chi connectivity index (χ1n) is 4.26. The standard InChI is InChI=1S/C8H16N2O2/c1-12-5-8(11)10-7-3-2-6(9)4-7/h6-7H,2-5,9H2,1H3,(H,10,11). The summed E-state index contributed by atoms with van der Waals surface area (Å²) in [5, 5.41) is 2.87. The van der Waals surface area contributed by atoms with Gasteiger partial charge >= 0.3 is 0 Å². The fourth-order valence-corrected chi connectivity index (χ4v) is 1.55. The van der Waals surface area contributed by atoms with Crippen LogP contribution in [0.25, 0.3) is 0 Å². The van der Waals surface area contributed by atoms with Crippen molar-refractivity contribution in [1.82, 2.24) is 5.32 Å². The van der Waals surface area contributed by atoms with Crippen molar-refractivity contribution < 1.29 is 9.53 Å². The average molecular weight is 172 g/mol. The van der Waals surface area contributed by atoms with Crippen molar-refractivity contribution in [2.24, 2.45) is 5.73 Å². The third kappa shape index (κ3) is 2.79. The minimum atomic E-state index is -0.0448. The Hall–Kier alpha value is -0.610. The van der Waals surface area contributed by atoms with Crippen LogP contribution < -0.4 is 11.1 Å². The molecule has 2 unspecified atom stereocenters. The third-order valence-electron chi connectivity index (χ3n) is 2.11. The largest absolute Gasteiger partial charge is 0.375 e. The number of methoxy groups -OCH3 is 1. The van der Waals surface area contributed by atoms with Gasteiger partial charge in [-0.05, 0) is 19.3 Å². The maximum Gasteiger partial charge on any atom is 0.246 e. The van der Waals surface area contributed by atoms with Gasteiger partial charge in [-0.15, -0.1) is 0 Å². The highest BCUT2D eigenvalue weighted by atomic mass is 16.5. The minimum absolute atomic E-state index is 0.0448. The van der Waals surface area contributed by atoms with E-state index >= 15 is 0 Å². The smallest absolute Gasteiger partial charge is 0.246 e. The molecule has 0 saturated heterocycles. The van der Waals surface area contributed by atoms with Crippen molar-refractivity contribution in [3.63, 3.8) is 0 Å². The van der Waals surface area contributed by atoms with Gasteiger partial charge in [0.25, 0.3) is 0 Å². The Balaban J connectivity index is 2.18. The van der Waals surface area contributed by atoms with Gasteiger partial charge in [-0.2, -0.15) is 0 Å².